The highest BCUT2D eigenvalue weighted by Crippen LogP contribution is 2.28. The van der Waals surface area contributed by atoms with Gasteiger partial charge in [-0.15, -0.1) is 0 Å². The molecule has 3 N–H and O–H groups in total. The Morgan fingerprint density at radius 3 is 2.54 bits per heavy atom. The molecule has 132 valence electrons. The lowest BCUT2D eigenvalue weighted by Crippen LogP contribution is -3.15. The topological polar surface area (TPSA) is 46.1 Å². The molecule has 1 aliphatic heterocycles. The molecule has 4 nitrogen and oxygen atoms in total. The third-order valence-electron chi connectivity index (χ3n) is 5.85. The molecule has 1 heterocycles. The summed E-state index contributed by atoms with van der Waals surface area (Å²) in [6.45, 7) is 10.7. The largest absolute Gasteiger partial charge is 0.360 e. The fraction of sp³-hybridized carbons (Fsp3) is 0.650. The molecule has 0 amide bonds. The molecule has 2 aliphatic rings. The van der Waals surface area contributed by atoms with E-state index in [4.69, 9.17) is 5.84 Å². The second kappa shape index (κ2) is 8.02. The lowest BCUT2D eigenvalue weighted by molar-refractivity contribution is -0.904. The van der Waals surface area contributed by atoms with Crippen molar-refractivity contribution in [3.05, 3.63) is 29.8 Å². The first-order chi connectivity index (χ1) is 11.7. The summed E-state index contributed by atoms with van der Waals surface area (Å²) in [5.74, 6) is 7.39. The van der Waals surface area contributed by atoms with Gasteiger partial charge in [0.1, 0.15) is 0 Å². The van der Waals surface area contributed by atoms with Crippen molar-refractivity contribution in [2.24, 2.45) is 22.8 Å². The van der Waals surface area contributed by atoms with Gasteiger partial charge in [-0.2, -0.15) is 5.10 Å². The first-order valence-electron chi connectivity index (χ1n) is 9.57. The van der Waals surface area contributed by atoms with Gasteiger partial charge in [0.25, 0.3) is 0 Å². The van der Waals surface area contributed by atoms with E-state index in [1.54, 1.807) is 4.90 Å². The Morgan fingerprint density at radius 1 is 1.21 bits per heavy atom. The maximum absolute atomic E-state index is 5.29. The zero-order chi connectivity index (χ0) is 16.9. The minimum Gasteiger partial charge on any atom is -0.360 e. The van der Waals surface area contributed by atoms with Crippen LogP contribution >= 0.6 is 0 Å². The number of nitrogens with zero attached hydrogens (tertiary/aromatic N) is 2. The van der Waals surface area contributed by atoms with E-state index in [9.17, 15) is 0 Å². The molecule has 24 heavy (non-hydrogen) atoms. The maximum atomic E-state index is 5.29. The Hall–Kier alpha value is -1.55. The van der Waals surface area contributed by atoms with Crippen LogP contribution in [0.15, 0.2) is 29.4 Å². The Morgan fingerprint density at radius 2 is 1.92 bits per heavy atom. The lowest BCUT2D eigenvalue weighted by Gasteiger charge is -2.34. The second-order valence-corrected chi connectivity index (χ2v) is 7.92. The van der Waals surface area contributed by atoms with Crippen LogP contribution < -0.4 is 15.6 Å². The van der Waals surface area contributed by atoms with Crippen molar-refractivity contribution in [3.8, 4) is 0 Å². The highest BCUT2D eigenvalue weighted by atomic mass is 15.3. The predicted octanol–water partition coefficient (Wildman–Crippen LogP) is 1.88. The quantitative estimate of drug-likeness (QED) is 0.492. The number of anilines is 1. The molecule has 2 unspecified atom stereocenters. The van der Waals surface area contributed by atoms with E-state index in [1.165, 1.54) is 63.2 Å². The summed E-state index contributed by atoms with van der Waals surface area (Å²) in [4.78, 5) is 4.33. The third kappa shape index (κ3) is 4.29. The Bertz CT molecular complexity index is 529. The summed E-state index contributed by atoms with van der Waals surface area (Å²) >= 11 is 0. The standard InChI is InChI=1S/C20H32N4/c1-16(2)19-5-7-20(8-6-19)24-11-9-23(10-12-24)15-18-4-3-17(13-18)14-22-21/h5-8,14,16-18H,3-4,9-13,15,21H2,1-2H3/p+1/b22-14-. The van der Waals surface area contributed by atoms with Crippen molar-refractivity contribution in [1.82, 2.24) is 0 Å². The fourth-order valence-corrected chi connectivity index (χ4v) is 4.32. The molecule has 1 aromatic carbocycles. The molecular weight excluding hydrogens is 296 g/mol. The summed E-state index contributed by atoms with van der Waals surface area (Å²) in [5, 5.41) is 3.72. The number of nitrogens with two attached hydrogens (primary N) is 1. The van der Waals surface area contributed by atoms with Crippen LogP contribution in [0.1, 0.15) is 44.6 Å². The van der Waals surface area contributed by atoms with E-state index < -0.39 is 0 Å². The number of hydrogen-bond acceptors (Lipinski definition) is 3. The van der Waals surface area contributed by atoms with E-state index in [0.717, 1.165) is 5.92 Å². The summed E-state index contributed by atoms with van der Waals surface area (Å²) in [7, 11) is 0. The lowest BCUT2D eigenvalue weighted by atomic mass is 10.0. The van der Waals surface area contributed by atoms with E-state index in [1.807, 2.05) is 6.21 Å². The summed E-state index contributed by atoms with van der Waals surface area (Å²) in [6, 6.07) is 9.18. The van der Waals surface area contributed by atoms with Crippen molar-refractivity contribution >= 4 is 11.9 Å². The smallest absolute Gasteiger partial charge is 0.0949 e. The van der Waals surface area contributed by atoms with Crippen LogP contribution in [-0.2, 0) is 0 Å². The third-order valence-corrected chi connectivity index (χ3v) is 5.85. The van der Waals surface area contributed by atoms with Crippen molar-refractivity contribution in [1.29, 1.82) is 0 Å². The zero-order valence-electron chi connectivity index (χ0n) is 15.2. The Labute approximate surface area is 146 Å². The average molecular weight is 330 g/mol. The van der Waals surface area contributed by atoms with Gasteiger partial charge in [-0.3, -0.25) is 0 Å². The molecule has 0 aromatic heterocycles. The summed E-state index contributed by atoms with van der Waals surface area (Å²) in [5.41, 5.74) is 2.82. The first kappa shape index (κ1) is 17.3. The van der Waals surface area contributed by atoms with E-state index in [-0.39, 0.29) is 0 Å². The molecule has 2 fully saturated rings. The van der Waals surface area contributed by atoms with Crippen molar-refractivity contribution in [3.63, 3.8) is 0 Å². The van der Waals surface area contributed by atoms with Gasteiger partial charge in [0.2, 0.25) is 0 Å². The van der Waals surface area contributed by atoms with Gasteiger partial charge >= 0.3 is 0 Å². The molecule has 0 radical (unpaired) electrons. The maximum Gasteiger partial charge on any atom is 0.0949 e. The monoisotopic (exact) mass is 329 g/mol. The molecule has 3 rings (SSSR count). The summed E-state index contributed by atoms with van der Waals surface area (Å²) < 4.78 is 0. The molecule has 0 spiro atoms. The molecule has 1 aromatic rings. The Balaban J connectivity index is 1.46. The van der Waals surface area contributed by atoms with Gasteiger partial charge in [-0.25, -0.2) is 0 Å². The SMILES string of the molecule is CC(C)c1ccc(N2CC[NH+](CC3CCC(/C=N\N)C3)CC2)cc1. The van der Waals surface area contributed by atoms with Crippen LogP contribution in [0.4, 0.5) is 5.69 Å². The number of piperazine rings is 1. The number of rotatable bonds is 5. The molecule has 1 aliphatic carbocycles. The zero-order valence-corrected chi connectivity index (χ0v) is 15.2. The van der Waals surface area contributed by atoms with Gasteiger partial charge in [-0.1, -0.05) is 26.0 Å². The highest BCUT2D eigenvalue weighted by molar-refractivity contribution is 5.60. The van der Waals surface area contributed by atoms with E-state index >= 15 is 0 Å². The average Bonchev–Trinajstić information content (AvgIpc) is 3.03. The van der Waals surface area contributed by atoms with Crippen molar-refractivity contribution in [2.45, 2.75) is 39.0 Å². The van der Waals surface area contributed by atoms with Gasteiger partial charge in [0.05, 0.1) is 32.7 Å². The number of nitrogens with one attached hydrogen (secondary N) is 1. The van der Waals surface area contributed by atoms with Gasteiger partial charge in [0, 0.05) is 17.8 Å². The molecular formula is C20H33N4+. The molecule has 1 saturated heterocycles. The normalized spacial score (nSPS) is 25.9. The highest BCUT2D eigenvalue weighted by Gasteiger charge is 2.29. The first-order valence-corrected chi connectivity index (χ1v) is 9.57. The van der Waals surface area contributed by atoms with Crippen LogP contribution in [0.2, 0.25) is 0 Å². The minimum absolute atomic E-state index is 0.611. The number of hydrogen-bond donors (Lipinski definition) is 2. The van der Waals surface area contributed by atoms with E-state index in [0.29, 0.717) is 11.8 Å². The Kier molecular flexibility index (Phi) is 5.77. The van der Waals surface area contributed by atoms with Gasteiger partial charge in [0.15, 0.2) is 0 Å². The van der Waals surface area contributed by atoms with Gasteiger partial charge < -0.3 is 15.6 Å². The number of quaternary nitrogens is 1. The van der Waals surface area contributed by atoms with Crippen LogP contribution in [0.25, 0.3) is 0 Å². The second-order valence-electron chi connectivity index (χ2n) is 7.92. The molecule has 4 heteroatoms. The van der Waals surface area contributed by atoms with Crippen LogP contribution in [0.3, 0.4) is 0 Å². The molecule has 1 saturated carbocycles. The minimum atomic E-state index is 0.611. The van der Waals surface area contributed by atoms with Crippen molar-refractivity contribution in [2.75, 3.05) is 37.6 Å². The van der Waals surface area contributed by atoms with Crippen LogP contribution in [-0.4, -0.2) is 38.9 Å². The summed E-state index contributed by atoms with van der Waals surface area (Å²) in [6.07, 6.45) is 5.85. The molecule has 0 bridgehead atoms. The van der Waals surface area contributed by atoms with Crippen LogP contribution in [0, 0.1) is 11.8 Å². The van der Waals surface area contributed by atoms with Crippen LogP contribution in [0.5, 0.6) is 0 Å². The predicted molar refractivity (Wildman–Crippen MR) is 102 cm³/mol. The molecule has 2 atom stereocenters. The van der Waals surface area contributed by atoms with E-state index in [2.05, 4.69) is 48.1 Å². The number of hydrazone groups is 1. The van der Waals surface area contributed by atoms with Crippen molar-refractivity contribution < 1.29 is 4.90 Å². The fourth-order valence-electron chi connectivity index (χ4n) is 4.32. The number of benzene rings is 1. The van der Waals surface area contributed by atoms with Gasteiger partial charge in [-0.05, 0) is 48.8 Å².